The van der Waals surface area contributed by atoms with Crippen molar-refractivity contribution in [2.45, 2.75) is 26.7 Å². The number of hydrogen-bond donors (Lipinski definition) is 2. The lowest BCUT2D eigenvalue weighted by Gasteiger charge is -2.10. The molecule has 1 heterocycles. The summed E-state index contributed by atoms with van der Waals surface area (Å²) in [6.07, 6.45) is 1.79. The van der Waals surface area contributed by atoms with Gasteiger partial charge in [-0.1, -0.05) is 24.6 Å². The molecule has 0 unspecified atom stereocenters. The molecule has 0 amide bonds. The first-order valence-electron chi connectivity index (χ1n) is 6.25. The van der Waals surface area contributed by atoms with Crippen LogP contribution in [0.25, 0.3) is 0 Å². The van der Waals surface area contributed by atoms with Gasteiger partial charge in [0.1, 0.15) is 17.5 Å². The molecule has 0 aliphatic heterocycles. The first-order chi connectivity index (χ1) is 9.08. The van der Waals surface area contributed by atoms with Crippen molar-refractivity contribution < 1.29 is 0 Å². The van der Waals surface area contributed by atoms with E-state index in [2.05, 4.69) is 22.2 Å². The molecule has 0 fully saturated rings. The summed E-state index contributed by atoms with van der Waals surface area (Å²) >= 11 is 6.15. The van der Waals surface area contributed by atoms with E-state index in [1.165, 1.54) is 0 Å². The van der Waals surface area contributed by atoms with Gasteiger partial charge in [0.2, 0.25) is 0 Å². The van der Waals surface area contributed by atoms with Crippen LogP contribution in [0.5, 0.6) is 0 Å². The number of aromatic nitrogens is 2. The number of hydrogen-bond acceptors (Lipinski definition) is 4. The molecule has 2 rings (SSSR count). The molecule has 0 saturated carbocycles. The molecule has 0 aliphatic rings. The largest absolute Gasteiger partial charge is 0.384 e. The Kier molecular flexibility index (Phi) is 4.22. The molecule has 1 aromatic carbocycles. The number of anilines is 3. The Hall–Kier alpha value is -1.81. The Morgan fingerprint density at radius 1 is 1.26 bits per heavy atom. The van der Waals surface area contributed by atoms with Gasteiger partial charge < -0.3 is 11.1 Å². The number of nitrogens with two attached hydrogens (primary N) is 1. The maximum Gasteiger partial charge on any atom is 0.136 e. The predicted octanol–water partition coefficient (Wildman–Crippen LogP) is 3.72. The summed E-state index contributed by atoms with van der Waals surface area (Å²) in [5.41, 5.74) is 7.74. The molecule has 0 radical (unpaired) electrons. The smallest absolute Gasteiger partial charge is 0.136 e. The highest BCUT2D eigenvalue weighted by Crippen LogP contribution is 2.26. The lowest BCUT2D eigenvalue weighted by molar-refractivity contribution is 0.839. The first kappa shape index (κ1) is 13.6. The second kappa shape index (κ2) is 5.89. The number of rotatable bonds is 4. The second-order valence-electron chi connectivity index (χ2n) is 4.45. The van der Waals surface area contributed by atoms with Crippen LogP contribution in [0.3, 0.4) is 0 Å². The van der Waals surface area contributed by atoms with E-state index in [0.717, 1.165) is 29.9 Å². The topological polar surface area (TPSA) is 63.8 Å². The molecule has 0 spiro atoms. The number of nitrogens with one attached hydrogen (secondary N) is 1. The molecule has 1 aromatic heterocycles. The third-order valence-electron chi connectivity index (χ3n) is 2.65. The average molecular weight is 277 g/mol. The van der Waals surface area contributed by atoms with E-state index >= 15 is 0 Å². The summed E-state index contributed by atoms with van der Waals surface area (Å²) < 4.78 is 0. The van der Waals surface area contributed by atoms with Crippen molar-refractivity contribution in [3.05, 3.63) is 40.7 Å². The van der Waals surface area contributed by atoms with Crippen molar-refractivity contribution in [3.8, 4) is 0 Å². The zero-order valence-corrected chi connectivity index (χ0v) is 11.8. The number of nitrogens with zero attached hydrogens (tertiary/aromatic N) is 2. The fraction of sp³-hybridized carbons (Fsp3) is 0.286. The van der Waals surface area contributed by atoms with Gasteiger partial charge in [0.05, 0.1) is 10.7 Å². The number of nitrogen functional groups attached to an aromatic ring is 1. The average Bonchev–Trinajstić information content (AvgIpc) is 2.33. The molecule has 4 nitrogen and oxygen atoms in total. The van der Waals surface area contributed by atoms with E-state index in [9.17, 15) is 0 Å². The van der Waals surface area contributed by atoms with Crippen molar-refractivity contribution in [1.82, 2.24) is 9.97 Å². The van der Waals surface area contributed by atoms with Gasteiger partial charge in [-0.15, -0.1) is 0 Å². The van der Waals surface area contributed by atoms with Crippen LogP contribution < -0.4 is 11.1 Å². The minimum absolute atomic E-state index is 0.463. The fourth-order valence-electron chi connectivity index (χ4n) is 1.79. The van der Waals surface area contributed by atoms with Crippen LogP contribution in [0.4, 0.5) is 17.3 Å². The fourth-order valence-corrected chi connectivity index (χ4v) is 1.95. The third-order valence-corrected chi connectivity index (χ3v) is 2.98. The van der Waals surface area contributed by atoms with Crippen LogP contribution in [0.15, 0.2) is 24.3 Å². The molecule has 100 valence electrons. The van der Waals surface area contributed by atoms with Crippen molar-refractivity contribution in [1.29, 1.82) is 0 Å². The molecule has 3 N–H and O–H groups in total. The van der Waals surface area contributed by atoms with Crippen molar-refractivity contribution in [2.24, 2.45) is 0 Å². The molecule has 5 heteroatoms. The van der Waals surface area contributed by atoms with E-state index in [4.69, 9.17) is 17.3 Å². The van der Waals surface area contributed by atoms with Gasteiger partial charge in [-0.25, -0.2) is 9.97 Å². The summed E-state index contributed by atoms with van der Waals surface area (Å²) in [4.78, 5) is 8.63. The number of aryl methyl sites for hydroxylation is 2. The van der Waals surface area contributed by atoms with E-state index in [0.29, 0.717) is 16.7 Å². The maximum absolute atomic E-state index is 6.15. The van der Waals surface area contributed by atoms with Gasteiger partial charge in [-0.2, -0.15) is 0 Å². The van der Waals surface area contributed by atoms with Crippen LogP contribution >= 0.6 is 11.6 Å². The zero-order valence-electron chi connectivity index (χ0n) is 11.1. The van der Waals surface area contributed by atoms with E-state index < -0.39 is 0 Å². The SMILES string of the molecule is CCCc1nc(N)cc(Nc2cc(C)ccc2Cl)n1. The van der Waals surface area contributed by atoms with Gasteiger partial charge in [-0.05, 0) is 31.0 Å². The Morgan fingerprint density at radius 3 is 2.79 bits per heavy atom. The summed E-state index contributed by atoms with van der Waals surface area (Å²) in [5.74, 6) is 1.88. The highest BCUT2D eigenvalue weighted by molar-refractivity contribution is 6.33. The Balaban J connectivity index is 2.29. The van der Waals surface area contributed by atoms with Crippen LogP contribution in [0, 0.1) is 6.92 Å². The minimum atomic E-state index is 0.463. The first-order valence-corrected chi connectivity index (χ1v) is 6.63. The lowest BCUT2D eigenvalue weighted by atomic mass is 10.2. The van der Waals surface area contributed by atoms with Crippen LogP contribution in [-0.4, -0.2) is 9.97 Å². The van der Waals surface area contributed by atoms with Gasteiger partial charge in [0.25, 0.3) is 0 Å². The second-order valence-corrected chi connectivity index (χ2v) is 4.86. The van der Waals surface area contributed by atoms with Gasteiger partial charge in [0.15, 0.2) is 0 Å². The Morgan fingerprint density at radius 2 is 2.05 bits per heavy atom. The molecule has 0 saturated heterocycles. The molecule has 0 bridgehead atoms. The zero-order chi connectivity index (χ0) is 13.8. The van der Waals surface area contributed by atoms with Crippen LogP contribution in [-0.2, 0) is 6.42 Å². The third kappa shape index (κ3) is 3.58. The van der Waals surface area contributed by atoms with E-state index in [1.54, 1.807) is 6.07 Å². The number of halogens is 1. The lowest BCUT2D eigenvalue weighted by Crippen LogP contribution is -2.03. The van der Waals surface area contributed by atoms with Crippen LogP contribution in [0.2, 0.25) is 5.02 Å². The van der Waals surface area contributed by atoms with Gasteiger partial charge in [0, 0.05) is 12.5 Å². The highest BCUT2D eigenvalue weighted by Gasteiger charge is 2.05. The molecular formula is C14H17ClN4. The Bertz CT molecular complexity index is 584. The molecule has 19 heavy (non-hydrogen) atoms. The summed E-state index contributed by atoms with van der Waals surface area (Å²) in [6, 6.07) is 7.50. The van der Waals surface area contributed by atoms with Crippen LogP contribution in [0.1, 0.15) is 24.7 Å². The summed E-state index contributed by atoms with van der Waals surface area (Å²) in [6.45, 7) is 4.09. The van der Waals surface area contributed by atoms with Crippen molar-refractivity contribution >= 4 is 28.9 Å². The molecular weight excluding hydrogens is 260 g/mol. The van der Waals surface area contributed by atoms with Gasteiger partial charge in [-0.3, -0.25) is 0 Å². The van der Waals surface area contributed by atoms with Crippen molar-refractivity contribution in [2.75, 3.05) is 11.1 Å². The van der Waals surface area contributed by atoms with Gasteiger partial charge >= 0.3 is 0 Å². The van der Waals surface area contributed by atoms with E-state index in [-0.39, 0.29) is 0 Å². The molecule has 0 aliphatic carbocycles. The summed E-state index contributed by atoms with van der Waals surface area (Å²) in [5, 5.41) is 3.84. The molecule has 2 aromatic rings. The predicted molar refractivity (Wildman–Crippen MR) is 79.9 cm³/mol. The quantitative estimate of drug-likeness (QED) is 0.893. The maximum atomic E-state index is 6.15. The normalized spacial score (nSPS) is 10.5. The standard InChI is InChI=1S/C14H17ClN4/c1-3-4-13-18-12(16)8-14(19-13)17-11-7-9(2)5-6-10(11)15/h5-8H,3-4H2,1-2H3,(H3,16,17,18,19). The number of benzene rings is 1. The molecule has 0 atom stereocenters. The Labute approximate surface area is 118 Å². The van der Waals surface area contributed by atoms with E-state index in [1.807, 2.05) is 25.1 Å². The van der Waals surface area contributed by atoms with Crippen molar-refractivity contribution in [3.63, 3.8) is 0 Å². The monoisotopic (exact) mass is 276 g/mol. The minimum Gasteiger partial charge on any atom is -0.384 e. The highest BCUT2D eigenvalue weighted by atomic mass is 35.5. The summed E-state index contributed by atoms with van der Waals surface area (Å²) in [7, 11) is 0.